The minimum Gasteiger partial charge on any atom is -0.455 e. The van der Waals surface area contributed by atoms with Gasteiger partial charge in [0.05, 0.1) is 12.7 Å². The Morgan fingerprint density at radius 3 is 2.83 bits per heavy atom. The van der Waals surface area contributed by atoms with Crippen LogP contribution in [0.4, 0.5) is 10.7 Å². The van der Waals surface area contributed by atoms with Crippen molar-refractivity contribution in [3.63, 3.8) is 0 Å². The first kappa shape index (κ1) is 23.4. The highest BCUT2D eigenvalue weighted by molar-refractivity contribution is 7.16. The van der Waals surface area contributed by atoms with Crippen molar-refractivity contribution >= 4 is 33.7 Å². The highest BCUT2D eigenvalue weighted by atomic mass is 32.1. The molecule has 2 aromatic heterocycles. The Morgan fingerprint density at radius 1 is 1.43 bits per heavy atom. The van der Waals surface area contributed by atoms with Crippen molar-refractivity contribution in [1.29, 1.82) is 0 Å². The molecule has 0 spiro atoms. The van der Waals surface area contributed by atoms with Crippen molar-refractivity contribution in [3.05, 3.63) is 14.6 Å². The van der Waals surface area contributed by atoms with Crippen molar-refractivity contribution < 1.29 is 24.1 Å². The molecule has 1 fully saturated rings. The fraction of sp³-hybridized carbons (Fsp3) is 0.625. The highest BCUT2D eigenvalue weighted by Gasteiger charge is 2.31. The summed E-state index contributed by atoms with van der Waals surface area (Å²) in [6, 6.07) is 0. The van der Waals surface area contributed by atoms with Crippen LogP contribution in [0, 0.1) is 4.91 Å². The van der Waals surface area contributed by atoms with Crippen LogP contribution in [0.15, 0.2) is 9.97 Å². The number of hydrogen-bond acceptors (Lipinski definition) is 12. The van der Waals surface area contributed by atoms with Crippen LogP contribution < -0.4 is 15.3 Å². The van der Waals surface area contributed by atoms with E-state index in [4.69, 9.17) is 25.1 Å². The first-order chi connectivity index (χ1) is 14.4. The van der Waals surface area contributed by atoms with Crippen molar-refractivity contribution in [2.24, 2.45) is 5.18 Å². The van der Waals surface area contributed by atoms with Crippen LogP contribution in [-0.2, 0) is 9.47 Å². The van der Waals surface area contributed by atoms with Crippen molar-refractivity contribution in [2.75, 3.05) is 39.8 Å². The lowest BCUT2D eigenvalue weighted by atomic mass is 10.2. The van der Waals surface area contributed by atoms with Gasteiger partial charge >= 0.3 is 11.0 Å². The van der Waals surface area contributed by atoms with E-state index in [1.54, 1.807) is 6.92 Å². The summed E-state index contributed by atoms with van der Waals surface area (Å²) in [5.74, 6) is 0.000506. The number of ether oxygens (including phenoxy) is 3. The Labute approximate surface area is 175 Å². The monoisotopic (exact) mass is 444 g/mol. The van der Waals surface area contributed by atoms with E-state index < -0.39 is 12.3 Å². The summed E-state index contributed by atoms with van der Waals surface area (Å²) in [7, 11) is 2.50. The van der Waals surface area contributed by atoms with E-state index in [9.17, 15) is 14.5 Å². The molecule has 3 rings (SSSR count). The molecule has 14 heteroatoms. The van der Waals surface area contributed by atoms with Gasteiger partial charge in [0.25, 0.3) is 0 Å². The Morgan fingerprint density at radius 2 is 2.17 bits per heavy atom. The third-order valence-corrected chi connectivity index (χ3v) is 5.01. The number of aliphatic hydroxyl groups excluding tert-OH is 1. The Balaban J connectivity index is 0.00000155. The molecule has 2 atom stereocenters. The number of nitrogen functional groups attached to an aromatic ring is 1. The van der Waals surface area contributed by atoms with E-state index in [0.717, 1.165) is 18.4 Å². The van der Waals surface area contributed by atoms with Crippen LogP contribution in [0.25, 0.3) is 10.3 Å². The van der Waals surface area contributed by atoms with E-state index in [1.807, 2.05) is 0 Å². The average molecular weight is 444 g/mol. The van der Waals surface area contributed by atoms with Crippen molar-refractivity contribution in [3.8, 4) is 5.88 Å². The second-order valence-electron chi connectivity index (χ2n) is 6.05. The SMILES string of the molecule is CCOC(=O)N(C)COc1nc(N)nc2c1sc(=O)n2C1CCC(CN=O)O1.CO. The molecule has 0 bridgehead atoms. The fourth-order valence-corrected chi connectivity index (χ4v) is 3.70. The van der Waals surface area contributed by atoms with E-state index in [1.165, 1.54) is 16.5 Å². The molecule has 3 N–H and O–H groups in total. The molecule has 166 valence electrons. The number of nitrogens with zero attached hydrogens (tertiary/aromatic N) is 5. The lowest BCUT2D eigenvalue weighted by molar-refractivity contribution is 0.00782. The average Bonchev–Trinajstić information content (AvgIpc) is 3.31. The fourth-order valence-electron chi connectivity index (χ4n) is 2.80. The minimum atomic E-state index is -0.572. The van der Waals surface area contributed by atoms with Crippen LogP contribution in [0.1, 0.15) is 26.0 Å². The van der Waals surface area contributed by atoms with Gasteiger partial charge < -0.3 is 25.1 Å². The number of aliphatic hydroxyl groups is 1. The third-order valence-electron chi connectivity index (χ3n) is 4.07. The summed E-state index contributed by atoms with van der Waals surface area (Å²) in [6.07, 6.45) is -0.318. The first-order valence-corrected chi connectivity index (χ1v) is 9.84. The number of fused-ring (bicyclic) bond motifs is 1. The van der Waals surface area contributed by atoms with Crippen molar-refractivity contribution in [2.45, 2.75) is 32.1 Å². The second kappa shape index (κ2) is 10.8. The summed E-state index contributed by atoms with van der Waals surface area (Å²) >= 11 is 0.888. The lowest BCUT2D eigenvalue weighted by Crippen LogP contribution is -2.31. The standard InChI is InChI=1S/C15H20N6O6S.CH4O/c1-3-25-14(22)20(2)7-26-12-10-11(18-13(16)19-12)21(15(23)28-10)9-5-4-8(27-9)6-17-24;1-2/h8-9H,3-7H2,1-2H3,(H2,16,18,19);2H,1H3. The lowest BCUT2D eigenvalue weighted by Gasteiger charge is -2.17. The second-order valence-corrected chi connectivity index (χ2v) is 7.01. The van der Waals surface area contributed by atoms with Crippen LogP contribution in [0.3, 0.4) is 0 Å². The maximum absolute atomic E-state index is 12.6. The quantitative estimate of drug-likeness (QED) is 0.462. The molecule has 30 heavy (non-hydrogen) atoms. The van der Waals surface area contributed by atoms with Gasteiger partial charge in [-0.2, -0.15) is 14.9 Å². The predicted octanol–water partition coefficient (Wildman–Crippen LogP) is 0.912. The zero-order valence-corrected chi connectivity index (χ0v) is 17.6. The topological polar surface area (TPSA) is 171 Å². The van der Waals surface area contributed by atoms with E-state index in [2.05, 4.69) is 15.1 Å². The number of thiazole rings is 1. The van der Waals surface area contributed by atoms with E-state index in [-0.39, 0.29) is 48.3 Å². The number of carbonyl (C=O) groups excluding carboxylic acids is 1. The summed E-state index contributed by atoms with van der Waals surface area (Å²) in [6.45, 7) is 1.81. The summed E-state index contributed by atoms with van der Waals surface area (Å²) in [4.78, 5) is 43.8. The Bertz CT molecular complexity index is 933. The first-order valence-electron chi connectivity index (χ1n) is 9.03. The van der Waals surface area contributed by atoms with Gasteiger partial charge in [-0.1, -0.05) is 16.5 Å². The molecule has 1 aliphatic rings. The van der Waals surface area contributed by atoms with Gasteiger partial charge in [-0.15, -0.1) is 0 Å². The zero-order chi connectivity index (χ0) is 22.3. The summed E-state index contributed by atoms with van der Waals surface area (Å²) in [5, 5.41) is 9.85. The molecule has 3 heterocycles. The Hall–Kier alpha value is -2.84. The number of aromatic nitrogens is 3. The van der Waals surface area contributed by atoms with Crippen LogP contribution in [0.5, 0.6) is 5.88 Å². The van der Waals surface area contributed by atoms with Gasteiger partial charge in [-0.25, -0.2) is 4.79 Å². The molecule has 2 unspecified atom stereocenters. The molecular weight excluding hydrogens is 420 g/mol. The number of hydrogen-bond donors (Lipinski definition) is 2. The molecular formula is C16H24N6O7S. The number of nitrogens with two attached hydrogens (primary N) is 1. The van der Waals surface area contributed by atoms with Crippen LogP contribution in [0.2, 0.25) is 0 Å². The molecule has 0 saturated carbocycles. The van der Waals surface area contributed by atoms with Gasteiger partial charge in [0.1, 0.15) is 17.5 Å². The number of anilines is 1. The molecule has 13 nitrogen and oxygen atoms in total. The minimum absolute atomic E-state index is 0.0268. The number of carbonyl (C=O) groups is 1. The third kappa shape index (κ3) is 5.20. The molecule has 0 aromatic carbocycles. The molecule has 2 aromatic rings. The van der Waals surface area contributed by atoms with Gasteiger partial charge in [0.2, 0.25) is 11.8 Å². The maximum atomic E-state index is 12.6. The van der Waals surface area contributed by atoms with E-state index in [0.29, 0.717) is 17.5 Å². The molecule has 0 radical (unpaired) electrons. The van der Waals surface area contributed by atoms with Crippen LogP contribution in [-0.4, -0.2) is 70.8 Å². The number of amides is 1. The van der Waals surface area contributed by atoms with E-state index >= 15 is 0 Å². The van der Waals surface area contributed by atoms with Crippen molar-refractivity contribution in [1.82, 2.24) is 19.4 Å². The van der Waals surface area contributed by atoms with Gasteiger partial charge in [-0.3, -0.25) is 14.3 Å². The smallest absolute Gasteiger partial charge is 0.412 e. The van der Waals surface area contributed by atoms with Gasteiger partial charge in [0.15, 0.2) is 12.4 Å². The molecule has 1 saturated heterocycles. The number of nitroso groups, excluding NO2 is 1. The van der Waals surface area contributed by atoms with Gasteiger partial charge in [-0.05, 0) is 19.8 Å². The highest BCUT2D eigenvalue weighted by Crippen LogP contribution is 2.33. The Kier molecular flexibility index (Phi) is 8.44. The molecule has 1 aliphatic heterocycles. The summed E-state index contributed by atoms with van der Waals surface area (Å²) < 4.78 is 18.0. The largest absolute Gasteiger partial charge is 0.455 e. The predicted molar refractivity (Wildman–Crippen MR) is 108 cm³/mol. The zero-order valence-electron chi connectivity index (χ0n) is 16.8. The normalized spacial score (nSPS) is 17.9. The summed E-state index contributed by atoms with van der Waals surface area (Å²) in [5.41, 5.74) is 6.05. The van der Waals surface area contributed by atoms with Crippen LogP contribution >= 0.6 is 11.3 Å². The molecule has 0 aliphatic carbocycles. The number of rotatable bonds is 7. The molecule has 1 amide bonds. The maximum Gasteiger partial charge on any atom is 0.412 e. The van der Waals surface area contributed by atoms with Gasteiger partial charge in [0, 0.05) is 14.2 Å².